The summed E-state index contributed by atoms with van der Waals surface area (Å²) in [6.45, 7) is 1.78. The largest absolute Gasteiger partial charge is 0.457 e. The third kappa shape index (κ3) is 3.46. The lowest BCUT2D eigenvalue weighted by molar-refractivity contribution is 0.105. The molecule has 4 rings (SSSR count). The van der Waals surface area contributed by atoms with E-state index in [1.165, 1.54) is 6.20 Å². The molecule has 2 aromatic heterocycles. The Hall–Kier alpha value is -4.55. The van der Waals surface area contributed by atoms with Gasteiger partial charge in [-0.05, 0) is 54.8 Å². The van der Waals surface area contributed by atoms with Crippen molar-refractivity contribution < 1.29 is 9.53 Å². The maximum atomic E-state index is 12.0. The van der Waals surface area contributed by atoms with Crippen LogP contribution in [-0.4, -0.2) is 15.4 Å². The van der Waals surface area contributed by atoms with Gasteiger partial charge in [-0.2, -0.15) is 10.4 Å². The van der Waals surface area contributed by atoms with Crippen LogP contribution in [0.5, 0.6) is 11.5 Å². The Labute approximate surface area is 173 Å². The highest BCUT2D eigenvalue weighted by Crippen LogP contribution is 2.31. The van der Waals surface area contributed by atoms with Crippen LogP contribution in [0.4, 0.5) is 11.4 Å². The number of nitrogens with one attached hydrogen (secondary N) is 1. The Morgan fingerprint density at radius 3 is 2.50 bits per heavy atom. The van der Waals surface area contributed by atoms with Crippen molar-refractivity contribution in [3.63, 3.8) is 0 Å². The molecule has 1 N–H and O–H groups in total. The number of ether oxygens (including phenoxy) is 1. The molecular formula is C24H16N4O2. The summed E-state index contributed by atoms with van der Waals surface area (Å²) >= 11 is 0. The second-order valence-corrected chi connectivity index (χ2v) is 6.54. The lowest BCUT2D eigenvalue weighted by Crippen LogP contribution is -2.01. The third-order valence-corrected chi connectivity index (χ3v) is 4.66. The van der Waals surface area contributed by atoms with Crippen molar-refractivity contribution in [1.29, 1.82) is 5.26 Å². The second-order valence-electron chi connectivity index (χ2n) is 6.54. The number of aryl methyl sites for hydroxylation is 1. The van der Waals surface area contributed by atoms with Crippen LogP contribution >= 0.6 is 0 Å². The van der Waals surface area contributed by atoms with Crippen LogP contribution in [0.25, 0.3) is 5.52 Å². The number of nitrogens with zero attached hydrogens (tertiary/aromatic N) is 3. The first kappa shape index (κ1) is 18.8. The molecular weight excluding hydrogens is 376 g/mol. The zero-order chi connectivity index (χ0) is 21.1. The van der Waals surface area contributed by atoms with Gasteiger partial charge in [0.1, 0.15) is 17.6 Å². The molecule has 30 heavy (non-hydrogen) atoms. The predicted octanol–water partition coefficient (Wildman–Crippen LogP) is 4.87. The smallest absolute Gasteiger partial charge is 0.237 e. The normalized spacial score (nSPS) is 10.2. The topological polar surface area (TPSA) is 79.4 Å². The van der Waals surface area contributed by atoms with Crippen molar-refractivity contribution >= 4 is 22.7 Å². The zero-order valence-electron chi connectivity index (χ0n) is 16.1. The molecule has 0 spiro atoms. The van der Waals surface area contributed by atoms with Gasteiger partial charge < -0.3 is 10.1 Å². The zero-order valence-corrected chi connectivity index (χ0v) is 16.1. The van der Waals surface area contributed by atoms with Crippen LogP contribution in [0.15, 0.2) is 67.0 Å². The predicted molar refractivity (Wildman–Crippen MR) is 114 cm³/mol. The highest BCUT2D eigenvalue weighted by atomic mass is 16.5. The summed E-state index contributed by atoms with van der Waals surface area (Å²) in [5.41, 5.74) is 3.33. The number of carbonyl (C=O) groups excluding carboxylic acids is 1. The number of terminal acetylenes is 1. The minimum absolute atomic E-state index is 0.355. The van der Waals surface area contributed by atoms with Crippen LogP contribution in [0.1, 0.15) is 21.5 Å². The summed E-state index contributed by atoms with van der Waals surface area (Å²) in [6.07, 6.45) is 8.30. The molecule has 0 aliphatic heterocycles. The van der Waals surface area contributed by atoms with Gasteiger partial charge in [0.25, 0.3) is 0 Å². The molecule has 0 fully saturated rings. The van der Waals surface area contributed by atoms with E-state index in [-0.39, 0.29) is 0 Å². The number of hydrogen-bond donors (Lipinski definition) is 1. The van der Waals surface area contributed by atoms with E-state index in [0.29, 0.717) is 33.6 Å². The summed E-state index contributed by atoms with van der Waals surface area (Å²) in [7, 11) is 0. The van der Waals surface area contributed by atoms with Crippen molar-refractivity contribution in [3.8, 4) is 29.9 Å². The van der Waals surface area contributed by atoms with E-state index in [4.69, 9.17) is 11.2 Å². The minimum Gasteiger partial charge on any atom is -0.457 e. The molecule has 0 unspecified atom stereocenters. The molecule has 0 saturated heterocycles. The molecule has 0 bridgehead atoms. The fraction of sp³-hybridized carbons (Fsp3) is 0.0417. The van der Waals surface area contributed by atoms with E-state index in [1.807, 2.05) is 54.6 Å². The summed E-state index contributed by atoms with van der Waals surface area (Å²) in [5.74, 6) is 3.14. The van der Waals surface area contributed by atoms with Crippen molar-refractivity contribution in [2.24, 2.45) is 0 Å². The van der Waals surface area contributed by atoms with Gasteiger partial charge >= 0.3 is 0 Å². The molecule has 6 heteroatoms. The van der Waals surface area contributed by atoms with Gasteiger partial charge in [-0.15, -0.1) is 6.42 Å². The molecule has 0 radical (unpaired) electrons. The number of Topliss-reactive ketones (excluding diaryl/α,β-unsaturated/α-hetero) is 1. The van der Waals surface area contributed by atoms with E-state index in [0.717, 1.165) is 11.4 Å². The van der Waals surface area contributed by atoms with Gasteiger partial charge in [0.15, 0.2) is 0 Å². The Morgan fingerprint density at radius 1 is 1.13 bits per heavy atom. The van der Waals surface area contributed by atoms with Crippen LogP contribution in [0.3, 0.4) is 0 Å². The van der Waals surface area contributed by atoms with E-state index < -0.39 is 5.78 Å². The first-order chi connectivity index (χ1) is 14.6. The number of carbonyl (C=O) groups is 1. The summed E-state index contributed by atoms with van der Waals surface area (Å²) in [5, 5.41) is 17.1. The molecule has 0 aliphatic carbocycles. The van der Waals surface area contributed by atoms with Crippen molar-refractivity contribution in [2.75, 3.05) is 5.32 Å². The van der Waals surface area contributed by atoms with Crippen LogP contribution < -0.4 is 10.1 Å². The Balaban J connectivity index is 1.69. The van der Waals surface area contributed by atoms with Crippen molar-refractivity contribution in [3.05, 3.63) is 83.7 Å². The van der Waals surface area contributed by atoms with Gasteiger partial charge in [-0.3, -0.25) is 4.79 Å². The summed E-state index contributed by atoms with van der Waals surface area (Å²) in [6, 6.07) is 19.0. The number of aromatic nitrogens is 2. The quantitative estimate of drug-likeness (QED) is 0.298. The molecule has 2 heterocycles. The highest BCUT2D eigenvalue weighted by molar-refractivity contribution is 6.11. The molecule has 6 nitrogen and oxygen atoms in total. The van der Waals surface area contributed by atoms with Crippen LogP contribution in [0, 0.1) is 30.6 Å². The molecule has 0 aliphatic rings. The number of hydrogen-bond acceptors (Lipinski definition) is 5. The number of anilines is 2. The van der Waals surface area contributed by atoms with Gasteiger partial charge in [-0.1, -0.05) is 18.2 Å². The van der Waals surface area contributed by atoms with Crippen molar-refractivity contribution in [2.45, 2.75) is 6.92 Å². The van der Waals surface area contributed by atoms with Gasteiger partial charge in [0.2, 0.25) is 5.78 Å². The fourth-order valence-corrected chi connectivity index (χ4v) is 3.18. The molecule has 0 atom stereocenters. The molecule has 4 aromatic rings. The van der Waals surface area contributed by atoms with E-state index in [9.17, 15) is 10.1 Å². The first-order valence-corrected chi connectivity index (χ1v) is 9.12. The van der Waals surface area contributed by atoms with Gasteiger partial charge in [-0.25, -0.2) is 4.52 Å². The Bertz CT molecular complexity index is 1320. The number of nitriles is 1. The molecule has 0 saturated carbocycles. The molecule has 2 aromatic carbocycles. The first-order valence-electron chi connectivity index (χ1n) is 9.12. The molecule has 0 amide bonds. The lowest BCUT2D eigenvalue weighted by atomic mass is 10.1. The van der Waals surface area contributed by atoms with Crippen LogP contribution in [-0.2, 0) is 0 Å². The number of benzene rings is 2. The van der Waals surface area contributed by atoms with E-state index >= 15 is 0 Å². The summed E-state index contributed by atoms with van der Waals surface area (Å²) in [4.78, 5) is 12.0. The molecule has 144 valence electrons. The summed E-state index contributed by atoms with van der Waals surface area (Å²) < 4.78 is 7.36. The lowest BCUT2D eigenvalue weighted by Gasteiger charge is -2.12. The Kier molecular flexibility index (Phi) is 4.90. The van der Waals surface area contributed by atoms with Gasteiger partial charge in [0, 0.05) is 11.9 Å². The third-order valence-electron chi connectivity index (χ3n) is 4.66. The maximum absolute atomic E-state index is 12.0. The average molecular weight is 392 g/mol. The SMILES string of the molecule is C#CC(=O)c1cn2ncc(C#N)c(Nc3ccc(Oc4ccccc4)cc3)c2c1C. The van der Waals surface area contributed by atoms with E-state index in [1.54, 1.807) is 17.6 Å². The Morgan fingerprint density at radius 2 is 1.83 bits per heavy atom. The number of para-hydroxylation sites is 1. The fourth-order valence-electron chi connectivity index (χ4n) is 3.18. The van der Waals surface area contributed by atoms with Gasteiger partial charge in [0.05, 0.1) is 28.5 Å². The van der Waals surface area contributed by atoms with Crippen LogP contribution in [0.2, 0.25) is 0 Å². The second kappa shape index (κ2) is 7.83. The number of fused-ring (bicyclic) bond motifs is 1. The van der Waals surface area contributed by atoms with E-state index in [2.05, 4.69) is 22.4 Å². The standard InChI is InChI=1S/C24H16N4O2/c1-3-22(29)21-15-28-24(16(21)2)23(17(13-25)14-26-28)27-18-9-11-20(12-10-18)30-19-7-5-4-6-8-19/h1,4-12,14-15,27H,2H3. The number of ketones is 1. The maximum Gasteiger partial charge on any atom is 0.237 e. The monoisotopic (exact) mass is 392 g/mol. The van der Waals surface area contributed by atoms with Crippen molar-refractivity contribution in [1.82, 2.24) is 9.61 Å². The number of rotatable bonds is 5. The minimum atomic E-state index is -0.426. The average Bonchev–Trinajstić information content (AvgIpc) is 3.12. The highest BCUT2D eigenvalue weighted by Gasteiger charge is 2.18.